The molecule has 2 N–H and O–H groups in total. The molecule has 3 aromatic heterocycles. The largest absolute Gasteiger partial charge is 0.359 e. The van der Waals surface area contributed by atoms with Gasteiger partial charge in [0.05, 0.1) is 41.6 Å². The third kappa shape index (κ3) is 3.76. The SMILES string of the molecule is CCC(NC(=O)c1cnc2c(c1)N(Cc1cscn1)C(=O)CN2)c1cccs1. The molecule has 0 fully saturated rings. The van der Waals surface area contributed by atoms with Crippen molar-refractivity contribution >= 4 is 46.0 Å². The van der Waals surface area contributed by atoms with Gasteiger partial charge in [-0.05, 0) is 23.9 Å². The minimum absolute atomic E-state index is 0.0469. The number of anilines is 2. The van der Waals surface area contributed by atoms with Crippen molar-refractivity contribution in [1.29, 1.82) is 0 Å². The predicted octanol–water partition coefficient (Wildman–Crippen LogP) is 3.44. The first-order chi connectivity index (χ1) is 13.7. The van der Waals surface area contributed by atoms with Crippen molar-refractivity contribution in [2.45, 2.75) is 25.9 Å². The number of hydrogen-bond donors (Lipinski definition) is 2. The van der Waals surface area contributed by atoms with Crippen LogP contribution in [0, 0.1) is 0 Å². The fourth-order valence-corrected chi connectivity index (χ4v) is 4.48. The molecular weight excluding hydrogens is 394 g/mol. The Hall–Kier alpha value is -2.78. The Labute approximate surface area is 170 Å². The van der Waals surface area contributed by atoms with Crippen LogP contribution in [0.2, 0.25) is 0 Å². The molecule has 144 valence electrons. The quantitative estimate of drug-likeness (QED) is 0.646. The fourth-order valence-electron chi connectivity index (χ4n) is 3.06. The molecule has 0 aromatic carbocycles. The zero-order valence-corrected chi connectivity index (χ0v) is 16.8. The zero-order chi connectivity index (χ0) is 19.5. The van der Waals surface area contributed by atoms with Gasteiger partial charge in [-0.3, -0.25) is 9.59 Å². The van der Waals surface area contributed by atoms with Gasteiger partial charge in [-0.25, -0.2) is 9.97 Å². The van der Waals surface area contributed by atoms with E-state index in [0.717, 1.165) is 17.0 Å². The van der Waals surface area contributed by atoms with E-state index in [1.165, 1.54) is 11.3 Å². The summed E-state index contributed by atoms with van der Waals surface area (Å²) in [5.74, 6) is 0.309. The number of thiazole rings is 1. The summed E-state index contributed by atoms with van der Waals surface area (Å²) in [5.41, 5.74) is 3.57. The number of nitrogens with one attached hydrogen (secondary N) is 2. The number of aromatic nitrogens is 2. The van der Waals surface area contributed by atoms with E-state index in [9.17, 15) is 9.59 Å². The van der Waals surface area contributed by atoms with Crippen LogP contribution in [-0.2, 0) is 11.3 Å². The van der Waals surface area contributed by atoms with Crippen LogP contribution in [0.25, 0.3) is 0 Å². The summed E-state index contributed by atoms with van der Waals surface area (Å²) in [6.07, 6.45) is 2.33. The minimum atomic E-state index is -0.206. The van der Waals surface area contributed by atoms with Crippen LogP contribution in [0.15, 0.2) is 40.7 Å². The fraction of sp³-hybridized carbons (Fsp3) is 0.263. The molecule has 3 aromatic rings. The normalized spacial score (nSPS) is 14.3. The van der Waals surface area contributed by atoms with E-state index in [2.05, 4.69) is 20.6 Å². The molecule has 1 unspecified atom stereocenters. The van der Waals surface area contributed by atoms with E-state index in [-0.39, 0.29) is 24.4 Å². The zero-order valence-electron chi connectivity index (χ0n) is 15.2. The van der Waals surface area contributed by atoms with E-state index in [1.807, 2.05) is 29.8 Å². The molecule has 0 saturated heterocycles. The van der Waals surface area contributed by atoms with Crippen molar-refractivity contribution in [2.75, 3.05) is 16.8 Å². The molecule has 0 radical (unpaired) electrons. The van der Waals surface area contributed by atoms with Gasteiger partial charge >= 0.3 is 0 Å². The summed E-state index contributed by atoms with van der Waals surface area (Å²) < 4.78 is 0. The van der Waals surface area contributed by atoms with E-state index >= 15 is 0 Å². The molecule has 0 aliphatic carbocycles. The van der Waals surface area contributed by atoms with Crippen LogP contribution in [0.3, 0.4) is 0 Å². The third-order valence-electron chi connectivity index (χ3n) is 4.53. The maximum Gasteiger partial charge on any atom is 0.253 e. The standard InChI is InChI=1S/C19H19N5O2S2/c1-2-14(16-4-3-5-28-16)23-19(26)12-6-15-18(20-7-12)21-8-17(25)24(15)9-13-10-27-11-22-13/h3-7,10-11,14H,2,8-9H2,1H3,(H,20,21)(H,23,26). The topological polar surface area (TPSA) is 87.2 Å². The van der Waals surface area contributed by atoms with Gasteiger partial charge in [0, 0.05) is 16.5 Å². The summed E-state index contributed by atoms with van der Waals surface area (Å²) in [6, 6.07) is 5.66. The number of pyridine rings is 1. The molecule has 0 saturated carbocycles. The average Bonchev–Trinajstić information content (AvgIpc) is 3.42. The summed E-state index contributed by atoms with van der Waals surface area (Å²) in [6.45, 7) is 2.57. The van der Waals surface area contributed by atoms with Crippen LogP contribution in [0.1, 0.15) is 40.3 Å². The van der Waals surface area contributed by atoms with E-state index in [0.29, 0.717) is 23.6 Å². The third-order valence-corrected chi connectivity index (χ3v) is 6.15. The molecular formula is C19H19N5O2S2. The number of carbonyl (C=O) groups excluding carboxylic acids is 2. The lowest BCUT2D eigenvalue weighted by Gasteiger charge is -2.29. The molecule has 2 amide bonds. The molecule has 1 aliphatic heterocycles. The maximum absolute atomic E-state index is 12.8. The highest BCUT2D eigenvalue weighted by molar-refractivity contribution is 7.10. The highest BCUT2D eigenvalue weighted by Crippen LogP contribution is 2.30. The highest BCUT2D eigenvalue weighted by Gasteiger charge is 2.27. The van der Waals surface area contributed by atoms with Crippen molar-refractivity contribution in [2.24, 2.45) is 0 Å². The lowest BCUT2D eigenvalue weighted by atomic mass is 10.1. The van der Waals surface area contributed by atoms with E-state index in [1.54, 1.807) is 34.0 Å². The molecule has 0 bridgehead atoms. The van der Waals surface area contributed by atoms with Gasteiger partial charge in [0.25, 0.3) is 5.91 Å². The lowest BCUT2D eigenvalue weighted by molar-refractivity contribution is -0.117. The first-order valence-electron chi connectivity index (χ1n) is 8.91. The van der Waals surface area contributed by atoms with Crippen molar-refractivity contribution in [3.8, 4) is 0 Å². The summed E-state index contributed by atoms with van der Waals surface area (Å²) in [7, 11) is 0. The van der Waals surface area contributed by atoms with Crippen molar-refractivity contribution < 1.29 is 9.59 Å². The molecule has 4 heterocycles. The predicted molar refractivity (Wildman–Crippen MR) is 111 cm³/mol. The van der Waals surface area contributed by atoms with Crippen molar-refractivity contribution in [1.82, 2.24) is 15.3 Å². The monoisotopic (exact) mass is 413 g/mol. The first-order valence-corrected chi connectivity index (χ1v) is 10.7. The second-order valence-electron chi connectivity index (χ2n) is 6.35. The molecule has 1 aliphatic rings. The minimum Gasteiger partial charge on any atom is -0.359 e. The van der Waals surface area contributed by atoms with Gasteiger partial charge in [0.15, 0.2) is 5.82 Å². The molecule has 7 nitrogen and oxygen atoms in total. The summed E-state index contributed by atoms with van der Waals surface area (Å²) >= 11 is 3.10. The second kappa shape index (κ2) is 8.07. The first kappa shape index (κ1) is 18.6. The number of fused-ring (bicyclic) bond motifs is 1. The Morgan fingerprint density at radius 2 is 2.32 bits per heavy atom. The number of hydrogen-bond acceptors (Lipinski definition) is 7. The second-order valence-corrected chi connectivity index (χ2v) is 8.05. The molecule has 1 atom stereocenters. The lowest BCUT2D eigenvalue weighted by Crippen LogP contribution is -2.40. The Bertz CT molecular complexity index is 972. The van der Waals surface area contributed by atoms with Gasteiger partial charge < -0.3 is 15.5 Å². The van der Waals surface area contributed by atoms with Crippen LogP contribution >= 0.6 is 22.7 Å². The van der Waals surface area contributed by atoms with Gasteiger partial charge in [-0.1, -0.05) is 13.0 Å². The highest BCUT2D eigenvalue weighted by atomic mass is 32.1. The number of nitrogens with zero attached hydrogens (tertiary/aromatic N) is 3. The number of amides is 2. The van der Waals surface area contributed by atoms with Crippen LogP contribution in [0.5, 0.6) is 0 Å². The van der Waals surface area contributed by atoms with Crippen molar-refractivity contribution in [3.05, 3.63) is 56.8 Å². The maximum atomic E-state index is 12.8. The Morgan fingerprint density at radius 1 is 1.43 bits per heavy atom. The Balaban J connectivity index is 1.59. The van der Waals surface area contributed by atoms with E-state index < -0.39 is 0 Å². The summed E-state index contributed by atoms with van der Waals surface area (Å²) in [5, 5.41) is 9.98. The van der Waals surface area contributed by atoms with Crippen LogP contribution in [-0.4, -0.2) is 28.3 Å². The number of thiophene rings is 1. The molecule has 4 rings (SSSR count). The van der Waals surface area contributed by atoms with Crippen molar-refractivity contribution in [3.63, 3.8) is 0 Å². The Kier molecular flexibility index (Phi) is 5.36. The Morgan fingerprint density at radius 3 is 3.04 bits per heavy atom. The van der Waals surface area contributed by atoms with Gasteiger partial charge in [-0.2, -0.15) is 0 Å². The molecule has 9 heteroatoms. The summed E-state index contributed by atoms with van der Waals surface area (Å²) in [4.78, 5) is 36.6. The van der Waals surface area contributed by atoms with Crippen LogP contribution < -0.4 is 15.5 Å². The van der Waals surface area contributed by atoms with Gasteiger partial charge in [0.1, 0.15) is 0 Å². The smallest absolute Gasteiger partial charge is 0.253 e. The molecule has 0 spiro atoms. The van der Waals surface area contributed by atoms with Gasteiger partial charge in [0.2, 0.25) is 5.91 Å². The van der Waals surface area contributed by atoms with E-state index in [4.69, 9.17) is 0 Å². The average molecular weight is 414 g/mol. The van der Waals surface area contributed by atoms with Gasteiger partial charge in [-0.15, -0.1) is 22.7 Å². The number of carbonyl (C=O) groups is 2. The van der Waals surface area contributed by atoms with Crippen LogP contribution in [0.4, 0.5) is 11.5 Å². The number of rotatable bonds is 6. The molecule has 28 heavy (non-hydrogen) atoms.